The monoisotopic (exact) mass is 537 g/mol. The molecule has 0 radical (unpaired) electrons. The predicted octanol–water partition coefficient (Wildman–Crippen LogP) is 6.64. The first kappa shape index (κ1) is 22.3. The molecule has 4 aliphatic carbocycles. The molecule has 180 valence electrons. The molecule has 4 nitrogen and oxygen atoms in total. The van der Waals surface area contributed by atoms with Gasteiger partial charge in [-0.1, -0.05) is 58.4 Å². The van der Waals surface area contributed by atoms with Crippen LogP contribution < -0.4 is 4.90 Å². The van der Waals surface area contributed by atoms with Crippen molar-refractivity contribution < 1.29 is 4.79 Å². The summed E-state index contributed by atoms with van der Waals surface area (Å²) < 4.78 is 0.895. The molecule has 5 fully saturated rings. The molecule has 2 aromatic rings. The van der Waals surface area contributed by atoms with Gasteiger partial charge in [-0.2, -0.15) is 10.5 Å². The summed E-state index contributed by atoms with van der Waals surface area (Å²) in [4.78, 5) is 17.2. The lowest BCUT2D eigenvalue weighted by molar-refractivity contribution is -0.145. The molecule has 36 heavy (non-hydrogen) atoms. The van der Waals surface area contributed by atoms with Crippen molar-refractivity contribution in [3.8, 4) is 12.1 Å². The molecule has 0 aromatic heterocycles. The number of nitrogens with zero attached hydrogens (tertiary/aromatic N) is 3. The molecule has 2 heterocycles. The summed E-state index contributed by atoms with van der Waals surface area (Å²) in [6.45, 7) is 0. The molecule has 6 aliphatic rings. The van der Waals surface area contributed by atoms with Gasteiger partial charge in [0.1, 0.15) is 0 Å². The van der Waals surface area contributed by atoms with E-state index in [9.17, 15) is 10.5 Å². The topological polar surface area (TPSA) is 67.9 Å². The number of fused-ring (bicyclic) bond motifs is 3. The van der Waals surface area contributed by atoms with Gasteiger partial charge in [0.05, 0.1) is 24.2 Å². The number of carbonyl (C=O) groups excluding carboxylic acids is 1. The third-order valence-corrected chi connectivity index (χ3v) is 10.4. The lowest BCUT2D eigenvalue weighted by Crippen LogP contribution is -2.56. The summed E-state index contributed by atoms with van der Waals surface area (Å²) in [6, 6.07) is 19.9. The van der Waals surface area contributed by atoms with E-state index >= 15 is 4.79 Å². The van der Waals surface area contributed by atoms with Gasteiger partial charge < -0.3 is 4.90 Å². The fourth-order valence-electron chi connectivity index (χ4n) is 9.03. The van der Waals surface area contributed by atoms with Crippen LogP contribution >= 0.6 is 15.9 Å². The number of benzene rings is 2. The van der Waals surface area contributed by atoms with E-state index in [1.165, 1.54) is 19.3 Å². The van der Waals surface area contributed by atoms with Crippen molar-refractivity contribution in [3.63, 3.8) is 0 Å². The first-order chi connectivity index (χ1) is 17.5. The highest BCUT2D eigenvalue weighted by Crippen LogP contribution is 2.63. The Morgan fingerprint density at radius 3 is 2.25 bits per heavy atom. The van der Waals surface area contributed by atoms with Gasteiger partial charge in [0.25, 0.3) is 0 Å². The van der Waals surface area contributed by atoms with E-state index in [0.29, 0.717) is 17.8 Å². The highest BCUT2D eigenvalue weighted by Gasteiger charge is 2.66. The quantitative estimate of drug-likeness (QED) is 0.440. The minimum absolute atomic E-state index is 0.272. The Balaban J connectivity index is 1.45. The van der Waals surface area contributed by atoms with Crippen LogP contribution in [0.4, 0.5) is 5.69 Å². The Morgan fingerprint density at radius 1 is 0.944 bits per heavy atom. The Hall–Kier alpha value is -2.89. The minimum Gasteiger partial charge on any atom is -0.351 e. The Morgan fingerprint density at radius 2 is 1.61 bits per heavy atom. The number of hydrogen-bond donors (Lipinski definition) is 0. The number of ketones is 1. The molecule has 0 spiro atoms. The van der Waals surface area contributed by atoms with E-state index in [4.69, 9.17) is 0 Å². The lowest BCUT2D eigenvalue weighted by Gasteiger charge is -2.57. The van der Waals surface area contributed by atoms with Gasteiger partial charge in [-0.15, -0.1) is 0 Å². The molecule has 3 atom stereocenters. The van der Waals surface area contributed by atoms with Crippen LogP contribution in [0.25, 0.3) is 6.08 Å². The molecular weight excluding hydrogens is 510 g/mol. The number of carbonyl (C=O) groups is 1. The standard InChI is InChI=1S/C31H28BrN3O/c32-24-6-3-5-23(13-24)27-28(29(36)30-14-19-10-20(15-30)12-21(11-19)16-30)35-25-7-2-1-4-22(25)8-9-26(35)31(27,17-33)18-34/h1-9,13,19-21,26-28H,10-12,14-16H2/t19?,20?,21?,26-,27+,28-,30?/m0/s1. The van der Waals surface area contributed by atoms with Gasteiger partial charge in [0, 0.05) is 21.5 Å². The molecule has 0 amide bonds. The van der Waals surface area contributed by atoms with Crippen molar-refractivity contribution in [2.75, 3.05) is 4.90 Å². The van der Waals surface area contributed by atoms with Gasteiger partial charge in [-0.3, -0.25) is 4.79 Å². The maximum Gasteiger partial charge on any atom is 0.176 e. The van der Waals surface area contributed by atoms with Gasteiger partial charge in [0.2, 0.25) is 0 Å². The molecule has 2 aliphatic heterocycles. The van der Waals surface area contributed by atoms with Crippen LogP contribution in [0, 0.1) is 51.2 Å². The van der Waals surface area contributed by atoms with Crippen LogP contribution in [0.3, 0.4) is 0 Å². The average molecular weight is 538 g/mol. The smallest absolute Gasteiger partial charge is 0.176 e. The van der Waals surface area contributed by atoms with Gasteiger partial charge in [-0.05, 0) is 85.6 Å². The molecule has 1 saturated heterocycles. The van der Waals surface area contributed by atoms with Crippen LogP contribution in [0.2, 0.25) is 0 Å². The molecule has 0 unspecified atom stereocenters. The van der Waals surface area contributed by atoms with Crippen molar-refractivity contribution in [2.45, 2.75) is 56.5 Å². The fraction of sp³-hybridized carbons (Fsp3) is 0.452. The van der Waals surface area contributed by atoms with Crippen molar-refractivity contribution in [2.24, 2.45) is 28.6 Å². The van der Waals surface area contributed by atoms with Crippen LogP contribution in [-0.4, -0.2) is 17.9 Å². The number of anilines is 1. The Kier molecular flexibility index (Phi) is 4.84. The number of rotatable bonds is 3. The Labute approximate surface area is 220 Å². The van der Waals surface area contributed by atoms with Gasteiger partial charge >= 0.3 is 0 Å². The van der Waals surface area contributed by atoms with Crippen molar-refractivity contribution in [3.05, 3.63) is 70.2 Å². The summed E-state index contributed by atoms with van der Waals surface area (Å²) in [5.41, 5.74) is 1.19. The van der Waals surface area contributed by atoms with Gasteiger partial charge in [-0.25, -0.2) is 0 Å². The zero-order valence-electron chi connectivity index (χ0n) is 20.1. The summed E-state index contributed by atoms with van der Waals surface area (Å²) in [5.74, 6) is 1.67. The Bertz CT molecular complexity index is 1330. The lowest BCUT2D eigenvalue weighted by atomic mass is 9.47. The molecule has 0 N–H and O–H groups in total. The zero-order valence-corrected chi connectivity index (χ0v) is 21.7. The molecule has 4 saturated carbocycles. The normalized spacial score (nSPS) is 36.6. The number of para-hydroxylation sites is 1. The number of Topliss-reactive ketones (excluding diaryl/α,β-unsaturated/α-hetero) is 1. The third kappa shape index (κ3) is 2.93. The van der Waals surface area contributed by atoms with E-state index in [0.717, 1.165) is 40.5 Å². The molecular formula is C31H28BrN3O. The van der Waals surface area contributed by atoms with E-state index in [1.807, 2.05) is 48.6 Å². The summed E-state index contributed by atoms with van der Waals surface area (Å²) in [6.07, 6.45) is 10.7. The van der Waals surface area contributed by atoms with Crippen LogP contribution in [0.15, 0.2) is 59.1 Å². The zero-order chi connectivity index (χ0) is 24.7. The van der Waals surface area contributed by atoms with Crippen LogP contribution in [0.5, 0.6) is 0 Å². The maximum absolute atomic E-state index is 15.1. The summed E-state index contributed by atoms with van der Waals surface area (Å²) >= 11 is 3.60. The molecule has 2 aromatic carbocycles. The van der Waals surface area contributed by atoms with Gasteiger partial charge in [0.15, 0.2) is 11.2 Å². The highest BCUT2D eigenvalue weighted by molar-refractivity contribution is 9.10. The fourth-order valence-corrected chi connectivity index (χ4v) is 9.45. The predicted molar refractivity (Wildman–Crippen MR) is 142 cm³/mol. The maximum atomic E-state index is 15.1. The first-order valence-electron chi connectivity index (χ1n) is 13.2. The average Bonchev–Trinajstić information content (AvgIpc) is 3.18. The summed E-state index contributed by atoms with van der Waals surface area (Å²) in [5, 5.41) is 21.4. The van der Waals surface area contributed by atoms with E-state index in [1.54, 1.807) is 0 Å². The van der Waals surface area contributed by atoms with E-state index < -0.39 is 23.4 Å². The first-order valence-corrected chi connectivity index (χ1v) is 14.0. The second-order valence-corrected chi connectivity index (χ2v) is 12.8. The van der Waals surface area contributed by atoms with Crippen molar-refractivity contribution in [1.29, 1.82) is 10.5 Å². The number of halogens is 1. The van der Waals surface area contributed by atoms with E-state index in [2.05, 4.69) is 45.1 Å². The highest BCUT2D eigenvalue weighted by atomic mass is 79.9. The number of hydrogen-bond acceptors (Lipinski definition) is 4. The second-order valence-electron chi connectivity index (χ2n) is 11.9. The van der Waals surface area contributed by atoms with Crippen molar-refractivity contribution >= 4 is 33.5 Å². The van der Waals surface area contributed by atoms with Crippen LogP contribution in [0.1, 0.15) is 55.6 Å². The van der Waals surface area contributed by atoms with Crippen LogP contribution in [-0.2, 0) is 4.79 Å². The van der Waals surface area contributed by atoms with Crippen molar-refractivity contribution in [1.82, 2.24) is 0 Å². The SMILES string of the molecule is N#CC1(C#N)[C@H](c2cccc(Br)c2)[C@@H](C(=O)C23CC4CC(CC(C4)C2)C3)N2c3ccccc3C=C[C@H]21. The molecule has 5 heteroatoms. The molecule has 4 bridgehead atoms. The number of nitriles is 2. The minimum atomic E-state index is -1.37. The largest absolute Gasteiger partial charge is 0.351 e. The third-order valence-electron chi connectivity index (χ3n) is 9.95. The van der Waals surface area contributed by atoms with E-state index in [-0.39, 0.29) is 11.2 Å². The molecule has 8 rings (SSSR count). The second kappa shape index (κ2) is 7.80. The summed E-state index contributed by atoms with van der Waals surface area (Å²) in [7, 11) is 0.